The van der Waals surface area contributed by atoms with Crippen molar-refractivity contribution < 1.29 is 15.0 Å². The quantitative estimate of drug-likeness (QED) is 0.855. The molecule has 0 radical (unpaired) electrons. The number of aromatic hydroxyl groups is 1. The van der Waals surface area contributed by atoms with Gasteiger partial charge in [-0.2, -0.15) is 0 Å². The van der Waals surface area contributed by atoms with Crippen molar-refractivity contribution in [3.8, 4) is 5.75 Å². The Morgan fingerprint density at radius 2 is 2.11 bits per heavy atom. The van der Waals surface area contributed by atoms with E-state index >= 15 is 0 Å². The van der Waals surface area contributed by atoms with Crippen LogP contribution in [-0.2, 0) is 11.3 Å². The van der Waals surface area contributed by atoms with Gasteiger partial charge in [-0.1, -0.05) is 18.2 Å². The lowest BCUT2D eigenvalue weighted by Crippen LogP contribution is -2.32. The zero-order valence-corrected chi connectivity index (χ0v) is 10.1. The van der Waals surface area contributed by atoms with E-state index in [4.69, 9.17) is 0 Å². The number of hydrogen-bond donors (Lipinski definition) is 2. The molecule has 1 aromatic rings. The number of carboxylic acid groups (broad SMARTS) is 1. The molecule has 2 fully saturated rings. The molecule has 2 aliphatic rings. The van der Waals surface area contributed by atoms with E-state index in [0.29, 0.717) is 18.3 Å². The number of phenols is 1. The van der Waals surface area contributed by atoms with Crippen molar-refractivity contribution in [1.82, 2.24) is 4.90 Å². The topological polar surface area (TPSA) is 60.8 Å². The van der Waals surface area contributed by atoms with Gasteiger partial charge in [0.25, 0.3) is 0 Å². The van der Waals surface area contributed by atoms with Crippen LogP contribution in [0.5, 0.6) is 5.75 Å². The van der Waals surface area contributed by atoms with Crippen LogP contribution in [0, 0.1) is 5.92 Å². The maximum Gasteiger partial charge on any atom is 0.308 e. The van der Waals surface area contributed by atoms with Gasteiger partial charge in [-0.15, -0.1) is 0 Å². The number of carboxylic acids is 1. The van der Waals surface area contributed by atoms with Gasteiger partial charge >= 0.3 is 5.97 Å². The fraction of sp³-hybridized carbons (Fsp3) is 0.500. The van der Waals surface area contributed by atoms with Gasteiger partial charge in [-0.05, 0) is 25.3 Å². The second-order valence-corrected chi connectivity index (χ2v) is 5.28. The molecular formula is C14H17NO3. The molecule has 0 spiro atoms. The predicted molar refractivity (Wildman–Crippen MR) is 66.2 cm³/mol. The Bertz CT molecular complexity index is 474. The number of para-hydroxylation sites is 1. The number of aliphatic carboxylic acids is 1. The van der Waals surface area contributed by atoms with Crippen LogP contribution in [0.3, 0.4) is 0 Å². The van der Waals surface area contributed by atoms with Crippen molar-refractivity contribution >= 4 is 5.97 Å². The highest BCUT2D eigenvalue weighted by atomic mass is 16.4. The van der Waals surface area contributed by atoms with Crippen molar-refractivity contribution in [2.45, 2.75) is 37.9 Å². The van der Waals surface area contributed by atoms with Crippen LogP contribution in [0.1, 0.15) is 24.8 Å². The minimum atomic E-state index is -0.676. The number of benzene rings is 1. The van der Waals surface area contributed by atoms with E-state index in [9.17, 15) is 15.0 Å². The SMILES string of the molecule is O=C(O)C1CC2CCC1N2Cc1ccccc1O. The summed E-state index contributed by atoms with van der Waals surface area (Å²) < 4.78 is 0. The van der Waals surface area contributed by atoms with E-state index in [0.717, 1.165) is 24.8 Å². The monoisotopic (exact) mass is 247 g/mol. The fourth-order valence-electron chi connectivity index (χ4n) is 3.45. The average Bonchev–Trinajstić information content (AvgIpc) is 2.89. The van der Waals surface area contributed by atoms with Crippen molar-refractivity contribution in [2.24, 2.45) is 5.92 Å². The Morgan fingerprint density at radius 1 is 1.33 bits per heavy atom. The summed E-state index contributed by atoms with van der Waals surface area (Å²) >= 11 is 0. The van der Waals surface area contributed by atoms with Crippen LogP contribution in [-0.4, -0.2) is 33.2 Å². The first-order valence-electron chi connectivity index (χ1n) is 6.42. The third kappa shape index (κ3) is 1.77. The summed E-state index contributed by atoms with van der Waals surface area (Å²) in [5.41, 5.74) is 0.889. The minimum Gasteiger partial charge on any atom is -0.508 e. The normalized spacial score (nSPS) is 30.8. The van der Waals surface area contributed by atoms with Crippen LogP contribution in [0.15, 0.2) is 24.3 Å². The van der Waals surface area contributed by atoms with Gasteiger partial charge in [0.2, 0.25) is 0 Å². The number of carbonyl (C=O) groups is 1. The van der Waals surface area contributed by atoms with Crippen molar-refractivity contribution in [1.29, 1.82) is 0 Å². The smallest absolute Gasteiger partial charge is 0.308 e. The third-order valence-electron chi connectivity index (χ3n) is 4.34. The minimum absolute atomic E-state index is 0.145. The number of phenolic OH excluding ortho intramolecular Hbond substituents is 1. The molecule has 3 unspecified atom stereocenters. The molecule has 0 saturated carbocycles. The summed E-state index contributed by atoms with van der Waals surface area (Å²) in [6, 6.07) is 7.81. The van der Waals surface area contributed by atoms with Gasteiger partial charge in [-0.25, -0.2) is 0 Å². The lowest BCUT2D eigenvalue weighted by Gasteiger charge is -2.23. The lowest BCUT2D eigenvalue weighted by atomic mass is 9.89. The lowest BCUT2D eigenvalue weighted by molar-refractivity contribution is -0.142. The van der Waals surface area contributed by atoms with Gasteiger partial charge in [0.15, 0.2) is 0 Å². The molecular weight excluding hydrogens is 230 g/mol. The Morgan fingerprint density at radius 3 is 2.78 bits per heavy atom. The summed E-state index contributed by atoms with van der Waals surface area (Å²) in [5, 5.41) is 19.0. The van der Waals surface area contributed by atoms with Crippen molar-refractivity contribution in [3.05, 3.63) is 29.8 Å². The molecule has 1 aromatic carbocycles. The highest BCUT2D eigenvalue weighted by Crippen LogP contribution is 2.43. The molecule has 3 atom stereocenters. The van der Waals surface area contributed by atoms with Gasteiger partial charge < -0.3 is 10.2 Å². The van der Waals surface area contributed by atoms with Gasteiger partial charge in [0.05, 0.1) is 5.92 Å². The van der Waals surface area contributed by atoms with Crippen molar-refractivity contribution in [2.75, 3.05) is 0 Å². The maximum absolute atomic E-state index is 11.2. The van der Waals surface area contributed by atoms with Gasteiger partial charge in [0, 0.05) is 24.2 Å². The van der Waals surface area contributed by atoms with Crippen LogP contribution in [0.25, 0.3) is 0 Å². The molecule has 0 aliphatic carbocycles. The summed E-state index contributed by atoms with van der Waals surface area (Å²) in [6.45, 7) is 0.659. The standard InChI is InChI=1S/C14H17NO3/c16-13-4-2-1-3-9(13)8-15-10-5-6-12(15)11(7-10)14(17)18/h1-4,10-12,16H,5-8H2,(H,17,18). The average molecular weight is 247 g/mol. The molecule has 4 nitrogen and oxygen atoms in total. The van der Waals surface area contributed by atoms with Crippen LogP contribution < -0.4 is 0 Å². The van der Waals surface area contributed by atoms with Crippen LogP contribution in [0.2, 0.25) is 0 Å². The molecule has 2 heterocycles. The number of fused-ring (bicyclic) bond motifs is 2. The highest BCUT2D eigenvalue weighted by molar-refractivity contribution is 5.71. The van der Waals surface area contributed by atoms with E-state index in [2.05, 4.69) is 4.90 Å². The molecule has 3 rings (SSSR count). The van der Waals surface area contributed by atoms with Gasteiger partial charge in [0.1, 0.15) is 5.75 Å². The second-order valence-electron chi connectivity index (χ2n) is 5.28. The summed E-state index contributed by atoms with van der Waals surface area (Å²) in [6.07, 6.45) is 2.81. The first kappa shape index (κ1) is 11.5. The summed E-state index contributed by atoms with van der Waals surface area (Å²) in [4.78, 5) is 13.4. The molecule has 0 amide bonds. The van der Waals surface area contributed by atoms with E-state index in [1.807, 2.05) is 12.1 Å². The van der Waals surface area contributed by atoms with Crippen molar-refractivity contribution in [3.63, 3.8) is 0 Å². The number of hydrogen-bond acceptors (Lipinski definition) is 3. The Labute approximate surface area is 106 Å². The van der Waals surface area contributed by atoms with E-state index < -0.39 is 5.97 Å². The fourth-order valence-corrected chi connectivity index (χ4v) is 3.45. The molecule has 18 heavy (non-hydrogen) atoms. The van der Waals surface area contributed by atoms with Gasteiger partial charge in [-0.3, -0.25) is 9.69 Å². The predicted octanol–water partition coefficient (Wildman–Crippen LogP) is 1.83. The van der Waals surface area contributed by atoms with E-state index in [1.54, 1.807) is 12.1 Å². The largest absolute Gasteiger partial charge is 0.508 e. The highest BCUT2D eigenvalue weighted by Gasteiger charge is 2.49. The van der Waals surface area contributed by atoms with E-state index in [1.165, 1.54) is 0 Å². The van der Waals surface area contributed by atoms with Crippen LogP contribution >= 0.6 is 0 Å². The molecule has 2 N–H and O–H groups in total. The first-order valence-corrected chi connectivity index (χ1v) is 6.42. The molecule has 0 aromatic heterocycles. The first-order chi connectivity index (χ1) is 8.66. The molecule has 2 aliphatic heterocycles. The third-order valence-corrected chi connectivity index (χ3v) is 4.34. The Kier molecular flexibility index (Phi) is 2.74. The zero-order valence-electron chi connectivity index (χ0n) is 10.1. The number of rotatable bonds is 3. The number of nitrogens with zero attached hydrogens (tertiary/aromatic N) is 1. The molecule has 4 heteroatoms. The zero-order chi connectivity index (χ0) is 12.7. The molecule has 2 bridgehead atoms. The van der Waals surface area contributed by atoms with E-state index in [-0.39, 0.29) is 12.0 Å². The second kappa shape index (κ2) is 4.28. The Hall–Kier alpha value is -1.55. The summed E-state index contributed by atoms with van der Waals surface area (Å²) in [5.74, 6) is -0.602. The van der Waals surface area contributed by atoms with Crippen LogP contribution in [0.4, 0.5) is 0 Å². The molecule has 2 saturated heterocycles. The Balaban J connectivity index is 1.79. The molecule has 96 valence electrons. The summed E-state index contributed by atoms with van der Waals surface area (Å²) in [7, 11) is 0. The maximum atomic E-state index is 11.2.